The number of nitro benzene ring substituents is 1. The van der Waals surface area contributed by atoms with Crippen LogP contribution in [-0.2, 0) is 16.4 Å². The summed E-state index contributed by atoms with van der Waals surface area (Å²) in [5.74, 6) is 1.11. The number of para-hydroxylation sites is 1. The van der Waals surface area contributed by atoms with Crippen molar-refractivity contribution in [3.8, 4) is 0 Å². The third-order valence-electron chi connectivity index (χ3n) is 4.42. The smallest absolute Gasteiger partial charge is 0.311 e. The molecule has 1 aromatic heterocycles. The zero-order valence-corrected chi connectivity index (χ0v) is 16.0. The van der Waals surface area contributed by atoms with E-state index in [1.807, 2.05) is 4.90 Å². The number of aromatic nitrogens is 2. The zero-order chi connectivity index (χ0) is 19.6. The van der Waals surface area contributed by atoms with Crippen molar-refractivity contribution < 1.29 is 17.9 Å². The van der Waals surface area contributed by atoms with E-state index in [0.29, 0.717) is 43.6 Å². The van der Waals surface area contributed by atoms with Gasteiger partial charge in [0.1, 0.15) is 10.6 Å². The van der Waals surface area contributed by atoms with E-state index in [2.05, 4.69) is 15.0 Å². The molecule has 1 saturated heterocycles. The quantitative estimate of drug-likeness (QED) is 0.546. The molecular formula is C16H21N5O5S. The summed E-state index contributed by atoms with van der Waals surface area (Å²) in [7, 11) is -3.70. The van der Waals surface area contributed by atoms with Gasteiger partial charge in [0.25, 0.3) is 0 Å². The van der Waals surface area contributed by atoms with Crippen molar-refractivity contribution in [1.29, 1.82) is 0 Å². The van der Waals surface area contributed by atoms with E-state index in [4.69, 9.17) is 4.52 Å². The van der Waals surface area contributed by atoms with E-state index >= 15 is 0 Å². The lowest BCUT2D eigenvalue weighted by atomic mass is 10.2. The molecule has 1 aromatic carbocycles. The van der Waals surface area contributed by atoms with Crippen LogP contribution in [0.5, 0.6) is 0 Å². The summed E-state index contributed by atoms with van der Waals surface area (Å²) in [5.41, 5.74) is -0.0255. The molecule has 0 radical (unpaired) electrons. The van der Waals surface area contributed by atoms with Crippen molar-refractivity contribution in [3.63, 3.8) is 0 Å². The normalized spacial score (nSPS) is 16.3. The molecule has 1 aliphatic rings. The number of benzene rings is 1. The summed E-state index contributed by atoms with van der Waals surface area (Å²) in [4.78, 5) is 19.0. The van der Waals surface area contributed by atoms with Crippen LogP contribution in [0.2, 0.25) is 0 Å². The Labute approximate surface area is 156 Å². The maximum atomic E-state index is 12.0. The number of nitrogens with zero attached hydrogens (tertiary/aromatic N) is 5. The van der Waals surface area contributed by atoms with Crippen LogP contribution in [-0.4, -0.2) is 60.8 Å². The van der Waals surface area contributed by atoms with Gasteiger partial charge in [-0.1, -0.05) is 11.2 Å². The van der Waals surface area contributed by atoms with Gasteiger partial charge in [0.2, 0.25) is 5.89 Å². The standard InChI is InChI=1S/C16H21N5O5S/c1-12-17-15(18-26-12)11-19-7-4-8-20(10-9-19)13-5-3-6-14(27(2,24)25)16(13)21(22)23/h3,5-6H,4,7-11H2,1-2H3. The second-order valence-corrected chi connectivity index (χ2v) is 8.48. The second kappa shape index (κ2) is 7.61. The van der Waals surface area contributed by atoms with E-state index in [1.165, 1.54) is 6.07 Å². The van der Waals surface area contributed by atoms with E-state index < -0.39 is 14.8 Å². The minimum absolute atomic E-state index is 0.256. The van der Waals surface area contributed by atoms with Gasteiger partial charge in [0.15, 0.2) is 15.7 Å². The molecular weight excluding hydrogens is 374 g/mol. The molecule has 3 rings (SSSR count). The first-order valence-corrected chi connectivity index (χ1v) is 10.4. The SMILES string of the molecule is Cc1nc(CN2CCCN(c3cccc(S(C)(=O)=O)c3[N+](=O)[O-])CC2)no1. The molecule has 0 spiro atoms. The Hall–Kier alpha value is -2.53. The predicted octanol–water partition coefficient (Wildman–Crippen LogP) is 1.40. The molecule has 0 unspecified atom stereocenters. The highest BCUT2D eigenvalue weighted by Gasteiger charge is 2.29. The summed E-state index contributed by atoms with van der Waals surface area (Å²) in [6, 6.07) is 4.42. The molecule has 2 heterocycles. The second-order valence-electron chi connectivity index (χ2n) is 6.50. The number of aryl methyl sites for hydroxylation is 1. The molecule has 0 bridgehead atoms. The number of hydrogen-bond acceptors (Lipinski definition) is 9. The number of hydrogen-bond donors (Lipinski definition) is 0. The fourth-order valence-electron chi connectivity index (χ4n) is 3.22. The first kappa shape index (κ1) is 19.2. The van der Waals surface area contributed by atoms with Crippen LogP contribution in [0.3, 0.4) is 0 Å². The highest BCUT2D eigenvalue weighted by Crippen LogP contribution is 2.35. The number of anilines is 1. The fourth-order valence-corrected chi connectivity index (χ4v) is 4.08. The highest BCUT2D eigenvalue weighted by atomic mass is 32.2. The Balaban J connectivity index is 1.82. The molecule has 0 atom stereocenters. The minimum Gasteiger partial charge on any atom is -0.365 e. The summed E-state index contributed by atoms with van der Waals surface area (Å²) in [5, 5.41) is 15.5. The fraction of sp³-hybridized carbons (Fsp3) is 0.500. The lowest BCUT2D eigenvalue weighted by molar-refractivity contribution is -0.387. The molecule has 0 aliphatic carbocycles. The predicted molar refractivity (Wildman–Crippen MR) is 97.3 cm³/mol. The number of sulfone groups is 1. The van der Waals surface area contributed by atoms with Crippen molar-refractivity contribution >= 4 is 21.2 Å². The van der Waals surface area contributed by atoms with Crippen LogP contribution in [0.25, 0.3) is 0 Å². The Morgan fingerprint density at radius 1 is 1.26 bits per heavy atom. The van der Waals surface area contributed by atoms with Gasteiger partial charge in [-0.05, 0) is 18.6 Å². The van der Waals surface area contributed by atoms with Crippen molar-refractivity contribution in [2.75, 3.05) is 37.3 Å². The zero-order valence-electron chi connectivity index (χ0n) is 15.2. The summed E-state index contributed by atoms with van der Waals surface area (Å²) >= 11 is 0. The van der Waals surface area contributed by atoms with Gasteiger partial charge in [-0.2, -0.15) is 4.98 Å². The van der Waals surface area contributed by atoms with Gasteiger partial charge >= 0.3 is 5.69 Å². The van der Waals surface area contributed by atoms with Crippen LogP contribution in [0.4, 0.5) is 11.4 Å². The lowest BCUT2D eigenvalue weighted by Gasteiger charge is -2.23. The number of rotatable bonds is 5. The van der Waals surface area contributed by atoms with Crippen LogP contribution < -0.4 is 4.90 Å². The topological polar surface area (TPSA) is 123 Å². The Morgan fingerprint density at radius 2 is 2.04 bits per heavy atom. The van der Waals surface area contributed by atoms with Crippen LogP contribution >= 0.6 is 0 Å². The third-order valence-corrected chi connectivity index (χ3v) is 5.55. The molecule has 0 N–H and O–H groups in total. The third kappa shape index (κ3) is 4.42. The molecule has 11 heteroatoms. The molecule has 1 aliphatic heterocycles. The maximum absolute atomic E-state index is 12.0. The Morgan fingerprint density at radius 3 is 2.67 bits per heavy atom. The van der Waals surface area contributed by atoms with Crippen molar-refractivity contribution in [1.82, 2.24) is 15.0 Å². The van der Waals surface area contributed by atoms with Crippen molar-refractivity contribution in [3.05, 3.63) is 40.0 Å². The molecule has 1 fully saturated rings. The van der Waals surface area contributed by atoms with E-state index in [-0.39, 0.29) is 10.6 Å². The summed E-state index contributed by atoms with van der Waals surface area (Å²) in [6.07, 6.45) is 1.76. The maximum Gasteiger partial charge on any atom is 0.311 e. The van der Waals surface area contributed by atoms with Crippen LogP contribution in [0, 0.1) is 17.0 Å². The van der Waals surface area contributed by atoms with Gasteiger partial charge in [-0.25, -0.2) is 8.42 Å². The van der Waals surface area contributed by atoms with E-state index in [1.54, 1.807) is 19.1 Å². The largest absolute Gasteiger partial charge is 0.365 e. The van der Waals surface area contributed by atoms with Crippen molar-refractivity contribution in [2.24, 2.45) is 0 Å². The average Bonchev–Trinajstić information content (AvgIpc) is 2.86. The molecule has 10 nitrogen and oxygen atoms in total. The minimum atomic E-state index is -3.70. The summed E-state index contributed by atoms with van der Waals surface area (Å²) in [6.45, 7) is 4.82. The van der Waals surface area contributed by atoms with Gasteiger partial charge in [-0.15, -0.1) is 0 Å². The van der Waals surface area contributed by atoms with Gasteiger partial charge in [0.05, 0.1) is 11.5 Å². The molecule has 0 saturated carbocycles. The lowest BCUT2D eigenvalue weighted by Crippen LogP contribution is -2.31. The van der Waals surface area contributed by atoms with Crippen LogP contribution in [0.15, 0.2) is 27.6 Å². The first-order chi connectivity index (χ1) is 12.8. The molecule has 0 amide bonds. The number of nitro groups is 1. The Kier molecular flexibility index (Phi) is 5.42. The van der Waals surface area contributed by atoms with E-state index in [0.717, 1.165) is 19.2 Å². The van der Waals surface area contributed by atoms with Gasteiger partial charge in [0, 0.05) is 39.4 Å². The monoisotopic (exact) mass is 395 g/mol. The highest BCUT2D eigenvalue weighted by molar-refractivity contribution is 7.90. The van der Waals surface area contributed by atoms with Crippen LogP contribution in [0.1, 0.15) is 18.1 Å². The first-order valence-electron chi connectivity index (χ1n) is 8.49. The Bertz CT molecular complexity index is 942. The van der Waals surface area contributed by atoms with E-state index in [9.17, 15) is 18.5 Å². The van der Waals surface area contributed by atoms with Crippen molar-refractivity contribution in [2.45, 2.75) is 24.8 Å². The average molecular weight is 395 g/mol. The molecule has 146 valence electrons. The van der Waals surface area contributed by atoms with Gasteiger partial charge < -0.3 is 9.42 Å². The summed E-state index contributed by atoms with van der Waals surface area (Å²) < 4.78 is 28.9. The molecule has 2 aromatic rings. The van der Waals surface area contributed by atoms with Gasteiger partial charge in [-0.3, -0.25) is 15.0 Å². The molecule has 27 heavy (non-hydrogen) atoms.